The van der Waals surface area contributed by atoms with Gasteiger partial charge in [0.05, 0.1) is 11.2 Å². The Morgan fingerprint density at radius 1 is 1.25 bits per heavy atom. The topological polar surface area (TPSA) is 39.1 Å². The molecular weight excluding hydrogens is 250 g/mol. The van der Waals surface area contributed by atoms with E-state index >= 15 is 0 Å². The first-order valence-electron chi connectivity index (χ1n) is 7.28. The zero-order valence-corrected chi connectivity index (χ0v) is 12.0. The molecule has 0 unspecified atom stereocenters. The van der Waals surface area contributed by atoms with Crippen molar-refractivity contribution in [3.8, 4) is 0 Å². The fourth-order valence-corrected chi connectivity index (χ4v) is 3.10. The van der Waals surface area contributed by atoms with E-state index in [1.54, 1.807) is 4.57 Å². The van der Waals surface area contributed by atoms with E-state index in [0.29, 0.717) is 18.5 Å². The van der Waals surface area contributed by atoms with Crippen LogP contribution < -0.4 is 0 Å². The molecule has 0 saturated carbocycles. The summed E-state index contributed by atoms with van der Waals surface area (Å²) in [6.45, 7) is 4.05. The summed E-state index contributed by atoms with van der Waals surface area (Å²) in [5.41, 5.74) is 2.59. The van der Waals surface area contributed by atoms with Crippen LogP contribution in [0.1, 0.15) is 54.0 Å². The molecule has 0 fully saturated rings. The minimum atomic E-state index is 0.0349. The minimum absolute atomic E-state index is 0.0349. The van der Waals surface area contributed by atoms with Crippen LogP contribution in [-0.2, 0) is 6.42 Å². The summed E-state index contributed by atoms with van der Waals surface area (Å²) < 4.78 is 1.67. The van der Waals surface area contributed by atoms with Crippen LogP contribution in [0.2, 0.25) is 0 Å². The maximum Gasteiger partial charge on any atom is 0.231 e. The van der Waals surface area contributed by atoms with Crippen LogP contribution in [0.25, 0.3) is 10.9 Å². The fraction of sp³-hybridized carbons (Fsp3) is 0.412. The number of aryl methyl sites for hydroxylation is 1. The smallest absolute Gasteiger partial charge is 0.231 e. The predicted octanol–water partition coefficient (Wildman–Crippen LogP) is 3.85. The highest BCUT2D eigenvalue weighted by atomic mass is 16.2. The number of carbonyl (C=O) groups excluding carboxylic acids is 2. The Morgan fingerprint density at radius 2 is 2.00 bits per heavy atom. The summed E-state index contributed by atoms with van der Waals surface area (Å²) in [6.07, 6.45) is 2.80. The Bertz CT molecular complexity index is 694. The highest BCUT2D eigenvalue weighted by Gasteiger charge is 2.28. The van der Waals surface area contributed by atoms with Crippen LogP contribution in [0, 0.1) is 5.92 Å². The molecule has 20 heavy (non-hydrogen) atoms. The van der Waals surface area contributed by atoms with Crippen LogP contribution in [-0.4, -0.2) is 16.3 Å². The Kier molecular flexibility index (Phi) is 3.20. The molecular formula is C17H19NO2. The summed E-state index contributed by atoms with van der Waals surface area (Å²) in [6, 6.07) is 7.86. The van der Waals surface area contributed by atoms with E-state index in [4.69, 9.17) is 0 Å². The molecule has 1 aromatic carbocycles. The maximum atomic E-state index is 12.6. The Balaban J connectivity index is 2.27. The van der Waals surface area contributed by atoms with Crippen LogP contribution in [0.4, 0.5) is 0 Å². The average Bonchev–Trinajstić information content (AvgIpc) is 2.74. The van der Waals surface area contributed by atoms with E-state index in [2.05, 4.69) is 0 Å². The first kappa shape index (κ1) is 13.1. The van der Waals surface area contributed by atoms with Gasteiger partial charge in [0, 0.05) is 18.2 Å². The lowest BCUT2D eigenvalue weighted by Gasteiger charge is -2.14. The summed E-state index contributed by atoms with van der Waals surface area (Å²) in [7, 11) is 0. The van der Waals surface area contributed by atoms with Gasteiger partial charge in [-0.3, -0.25) is 14.2 Å². The molecule has 2 aromatic rings. The van der Waals surface area contributed by atoms with E-state index in [0.717, 1.165) is 29.3 Å². The molecule has 0 aliphatic heterocycles. The van der Waals surface area contributed by atoms with Gasteiger partial charge in [-0.15, -0.1) is 0 Å². The van der Waals surface area contributed by atoms with Gasteiger partial charge >= 0.3 is 0 Å². The van der Waals surface area contributed by atoms with E-state index < -0.39 is 0 Å². The van der Waals surface area contributed by atoms with Crippen molar-refractivity contribution in [3.05, 3.63) is 35.5 Å². The molecule has 3 nitrogen and oxygen atoms in total. The van der Waals surface area contributed by atoms with Crippen molar-refractivity contribution in [2.45, 2.75) is 39.5 Å². The Labute approximate surface area is 118 Å². The molecule has 0 radical (unpaired) electrons. The molecule has 1 aliphatic rings. The van der Waals surface area contributed by atoms with Crippen molar-refractivity contribution in [1.29, 1.82) is 0 Å². The number of hydrogen-bond donors (Lipinski definition) is 0. The third-order valence-corrected chi connectivity index (χ3v) is 3.91. The first-order valence-corrected chi connectivity index (χ1v) is 7.28. The zero-order valence-electron chi connectivity index (χ0n) is 12.0. The van der Waals surface area contributed by atoms with Gasteiger partial charge in [-0.1, -0.05) is 32.0 Å². The first-order chi connectivity index (χ1) is 9.59. The second-order valence-corrected chi connectivity index (χ2v) is 5.95. The number of Topliss-reactive ketones (excluding diaryl/α,β-unsaturated/α-hetero) is 1. The molecule has 0 spiro atoms. The fourth-order valence-electron chi connectivity index (χ4n) is 3.10. The van der Waals surface area contributed by atoms with Crippen molar-refractivity contribution in [3.63, 3.8) is 0 Å². The number of nitrogens with zero attached hydrogens (tertiary/aromatic N) is 1. The van der Waals surface area contributed by atoms with Gasteiger partial charge in [-0.05, 0) is 30.4 Å². The normalized spacial score (nSPS) is 14.8. The highest BCUT2D eigenvalue weighted by Crippen LogP contribution is 2.32. The van der Waals surface area contributed by atoms with Crippen molar-refractivity contribution >= 4 is 22.6 Å². The summed E-state index contributed by atoms with van der Waals surface area (Å²) >= 11 is 0. The van der Waals surface area contributed by atoms with Gasteiger partial charge in [0.2, 0.25) is 5.91 Å². The number of ketones is 1. The molecule has 3 heteroatoms. The van der Waals surface area contributed by atoms with Crippen LogP contribution in [0.15, 0.2) is 24.3 Å². The molecule has 104 valence electrons. The van der Waals surface area contributed by atoms with Gasteiger partial charge in [-0.25, -0.2) is 0 Å². The largest absolute Gasteiger partial charge is 0.293 e. The number of carbonyl (C=O) groups is 2. The van der Waals surface area contributed by atoms with Gasteiger partial charge < -0.3 is 0 Å². The SMILES string of the molecule is CC(C)CC(=O)n1c2c(c3ccccc31)CCCC2=O. The minimum Gasteiger partial charge on any atom is -0.293 e. The van der Waals surface area contributed by atoms with Gasteiger partial charge in [-0.2, -0.15) is 0 Å². The van der Waals surface area contributed by atoms with Crippen LogP contribution in [0.3, 0.4) is 0 Å². The number of fused-ring (bicyclic) bond motifs is 3. The molecule has 1 heterocycles. The molecule has 1 aromatic heterocycles. The van der Waals surface area contributed by atoms with E-state index in [1.807, 2.05) is 38.1 Å². The van der Waals surface area contributed by atoms with Crippen molar-refractivity contribution < 1.29 is 9.59 Å². The molecule has 0 amide bonds. The van der Waals surface area contributed by atoms with Gasteiger partial charge in [0.15, 0.2) is 5.78 Å². The number of benzene rings is 1. The molecule has 0 atom stereocenters. The van der Waals surface area contributed by atoms with Crippen molar-refractivity contribution in [2.75, 3.05) is 0 Å². The quantitative estimate of drug-likeness (QED) is 0.830. The monoisotopic (exact) mass is 269 g/mol. The predicted molar refractivity (Wildman–Crippen MR) is 79.3 cm³/mol. The average molecular weight is 269 g/mol. The molecule has 0 N–H and O–H groups in total. The number of para-hydroxylation sites is 1. The van der Waals surface area contributed by atoms with Crippen molar-refractivity contribution in [1.82, 2.24) is 4.57 Å². The standard InChI is InChI=1S/C17H19NO2/c1-11(2)10-16(20)18-14-8-4-3-6-12(14)13-7-5-9-15(19)17(13)18/h3-4,6,8,11H,5,7,9-10H2,1-2H3. The zero-order chi connectivity index (χ0) is 14.3. The number of rotatable bonds is 2. The third kappa shape index (κ3) is 1.98. The van der Waals surface area contributed by atoms with E-state index in [1.165, 1.54) is 0 Å². The van der Waals surface area contributed by atoms with Gasteiger partial charge in [0.1, 0.15) is 0 Å². The Hall–Kier alpha value is -1.90. The lowest BCUT2D eigenvalue weighted by molar-refractivity contribution is 0.0862. The highest BCUT2D eigenvalue weighted by molar-refractivity contribution is 6.09. The second-order valence-electron chi connectivity index (χ2n) is 5.95. The second kappa shape index (κ2) is 4.89. The van der Waals surface area contributed by atoms with E-state index in [-0.39, 0.29) is 17.6 Å². The third-order valence-electron chi connectivity index (χ3n) is 3.91. The molecule has 0 saturated heterocycles. The summed E-state index contributed by atoms with van der Waals surface area (Å²) in [5.74, 6) is 0.435. The molecule has 0 bridgehead atoms. The van der Waals surface area contributed by atoms with Crippen LogP contribution in [0.5, 0.6) is 0 Å². The number of aromatic nitrogens is 1. The van der Waals surface area contributed by atoms with Gasteiger partial charge in [0.25, 0.3) is 0 Å². The lowest BCUT2D eigenvalue weighted by atomic mass is 9.94. The lowest BCUT2D eigenvalue weighted by Crippen LogP contribution is -2.21. The van der Waals surface area contributed by atoms with Crippen LogP contribution >= 0.6 is 0 Å². The molecule has 3 rings (SSSR count). The molecule has 1 aliphatic carbocycles. The van der Waals surface area contributed by atoms with Crippen molar-refractivity contribution in [2.24, 2.45) is 5.92 Å². The number of hydrogen-bond acceptors (Lipinski definition) is 2. The Morgan fingerprint density at radius 3 is 2.75 bits per heavy atom. The summed E-state index contributed by atoms with van der Waals surface area (Å²) in [4.78, 5) is 24.9. The maximum absolute atomic E-state index is 12.6. The van der Waals surface area contributed by atoms with E-state index in [9.17, 15) is 9.59 Å². The summed E-state index contributed by atoms with van der Waals surface area (Å²) in [5, 5.41) is 1.06.